The van der Waals surface area contributed by atoms with Gasteiger partial charge in [0.05, 0.1) is 6.04 Å². The maximum absolute atomic E-state index is 12.2. The second-order valence-electron chi connectivity index (χ2n) is 4.78. The number of nitrogens with zero attached hydrogens (tertiary/aromatic N) is 1. The summed E-state index contributed by atoms with van der Waals surface area (Å²) in [7, 11) is 1.95. The summed E-state index contributed by atoms with van der Waals surface area (Å²) < 4.78 is 0. The molecule has 106 valence electrons. The van der Waals surface area contributed by atoms with E-state index in [2.05, 4.69) is 11.4 Å². The molecule has 0 saturated heterocycles. The number of thiophene rings is 1. The third-order valence-corrected chi connectivity index (χ3v) is 4.07. The van der Waals surface area contributed by atoms with Gasteiger partial charge in [-0.25, -0.2) is 0 Å². The smallest absolute Gasteiger partial charge is 0.241 e. The predicted octanol–water partition coefficient (Wildman–Crippen LogP) is 2.79. The summed E-state index contributed by atoms with van der Waals surface area (Å²) in [5, 5.41) is 4.94. The lowest BCUT2D eigenvalue weighted by atomic mass is 10.2. The zero-order chi connectivity index (χ0) is 14.5. The lowest BCUT2D eigenvalue weighted by molar-refractivity contribution is -0.120. The molecule has 0 aliphatic heterocycles. The van der Waals surface area contributed by atoms with Crippen molar-refractivity contribution in [1.29, 1.82) is 0 Å². The Bertz CT molecular complexity index is 551. The number of hydrogen-bond acceptors (Lipinski definition) is 4. The van der Waals surface area contributed by atoms with Gasteiger partial charge in [0, 0.05) is 22.8 Å². The van der Waals surface area contributed by atoms with Crippen molar-refractivity contribution >= 4 is 28.6 Å². The van der Waals surface area contributed by atoms with Gasteiger partial charge in [-0.1, -0.05) is 6.07 Å². The Morgan fingerprint density at radius 2 is 2.05 bits per heavy atom. The minimum Gasteiger partial charge on any atom is -0.399 e. The van der Waals surface area contributed by atoms with E-state index < -0.39 is 0 Å². The van der Waals surface area contributed by atoms with E-state index in [1.54, 1.807) is 35.6 Å². The summed E-state index contributed by atoms with van der Waals surface area (Å²) in [6.07, 6.45) is 0. The SMILES string of the molecule is CC(C(=O)Nc1ccc(N)cc1)N(C)Cc1cccs1. The van der Waals surface area contributed by atoms with Crippen LogP contribution in [0.15, 0.2) is 41.8 Å². The van der Waals surface area contributed by atoms with E-state index in [0.717, 1.165) is 12.2 Å². The molecule has 2 aromatic rings. The summed E-state index contributed by atoms with van der Waals surface area (Å²) in [6, 6.07) is 11.1. The predicted molar refractivity (Wildman–Crippen MR) is 84.7 cm³/mol. The number of carbonyl (C=O) groups is 1. The Balaban J connectivity index is 1.92. The molecule has 1 unspecified atom stereocenters. The number of anilines is 2. The largest absolute Gasteiger partial charge is 0.399 e. The van der Waals surface area contributed by atoms with E-state index in [0.29, 0.717) is 5.69 Å². The van der Waals surface area contributed by atoms with Gasteiger partial charge in [-0.15, -0.1) is 11.3 Å². The van der Waals surface area contributed by atoms with Crippen molar-refractivity contribution in [3.8, 4) is 0 Å². The van der Waals surface area contributed by atoms with Crippen molar-refractivity contribution in [3.05, 3.63) is 46.7 Å². The van der Waals surface area contributed by atoms with Crippen LogP contribution >= 0.6 is 11.3 Å². The third kappa shape index (κ3) is 3.82. The molecule has 0 saturated carbocycles. The summed E-state index contributed by atoms with van der Waals surface area (Å²) in [6.45, 7) is 2.67. The molecule has 3 N–H and O–H groups in total. The molecule has 0 bridgehead atoms. The standard InChI is InChI=1S/C15H19N3OS/c1-11(18(2)10-14-4-3-9-20-14)15(19)17-13-7-5-12(16)6-8-13/h3-9,11H,10,16H2,1-2H3,(H,17,19). The first-order chi connectivity index (χ1) is 9.56. The van der Waals surface area contributed by atoms with Crippen LogP contribution in [-0.2, 0) is 11.3 Å². The Morgan fingerprint density at radius 1 is 1.35 bits per heavy atom. The van der Waals surface area contributed by atoms with E-state index in [4.69, 9.17) is 5.73 Å². The molecule has 1 amide bonds. The molecule has 1 heterocycles. The Kier molecular flexibility index (Phi) is 4.76. The lowest BCUT2D eigenvalue weighted by Gasteiger charge is -2.23. The lowest BCUT2D eigenvalue weighted by Crippen LogP contribution is -2.39. The van der Waals surface area contributed by atoms with Gasteiger partial charge >= 0.3 is 0 Å². The van der Waals surface area contributed by atoms with Gasteiger partial charge in [0.25, 0.3) is 0 Å². The molecule has 1 aromatic carbocycles. The second-order valence-corrected chi connectivity index (χ2v) is 5.81. The van der Waals surface area contributed by atoms with Crippen LogP contribution < -0.4 is 11.1 Å². The van der Waals surface area contributed by atoms with Gasteiger partial charge in [0.2, 0.25) is 5.91 Å². The number of nitrogens with one attached hydrogen (secondary N) is 1. The number of nitrogen functional groups attached to an aromatic ring is 1. The number of carbonyl (C=O) groups excluding carboxylic acids is 1. The highest BCUT2D eigenvalue weighted by Gasteiger charge is 2.18. The van der Waals surface area contributed by atoms with Crippen LogP contribution in [0, 0.1) is 0 Å². The molecule has 20 heavy (non-hydrogen) atoms. The molecule has 0 radical (unpaired) electrons. The number of hydrogen-bond donors (Lipinski definition) is 2. The summed E-state index contributed by atoms with van der Waals surface area (Å²) >= 11 is 1.70. The van der Waals surface area contributed by atoms with E-state index in [1.165, 1.54) is 4.88 Å². The maximum atomic E-state index is 12.2. The molecule has 1 atom stereocenters. The highest BCUT2D eigenvalue weighted by Crippen LogP contribution is 2.14. The molecule has 0 fully saturated rings. The van der Waals surface area contributed by atoms with E-state index in [-0.39, 0.29) is 11.9 Å². The quantitative estimate of drug-likeness (QED) is 0.832. The molecule has 0 aliphatic rings. The maximum Gasteiger partial charge on any atom is 0.241 e. The first kappa shape index (κ1) is 14.6. The Labute approximate surface area is 123 Å². The van der Waals surface area contributed by atoms with Crippen LogP contribution in [0.5, 0.6) is 0 Å². The highest BCUT2D eigenvalue weighted by molar-refractivity contribution is 7.09. The van der Waals surface area contributed by atoms with Gasteiger partial charge in [0.15, 0.2) is 0 Å². The molecule has 1 aromatic heterocycles. The minimum atomic E-state index is -0.199. The minimum absolute atomic E-state index is 0.0196. The summed E-state index contributed by atoms with van der Waals surface area (Å²) in [5.74, 6) is -0.0196. The van der Waals surface area contributed by atoms with Crippen LogP contribution in [0.1, 0.15) is 11.8 Å². The molecular formula is C15H19N3OS. The Hall–Kier alpha value is -1.85. The third-order valence-electron chi connectivity index (χ3n) is 3.20. The zero-order valence-corrected chi connectivity index (χ0v) is 12.5. The number of rotatable bonds is 5. The number of likely N-dealkylation sites (N-methyl/N-ethyl adjacent to an activating group) is 1. The molecule has 0 aliphatic carbocycles. The van der Waals surface area contributed by atoms with E-state index in [9.17, 15) is 4.79 Å². The molecule has 2 rings (SSSR count). The van der Waals surface area contributed by atoms with Crippen LogP contribution in [0.4, 0.5) is 11.4 Å². The first-order valence-corrected chi connectivity index (χ1v) is 7.33. The van der Waals surface area contributed by atoms with Crippen molar-refractivity contribution in [2.45, 2.75) is 19.5 Å². The first-order valence-electron chi connectivity index (χ1n) is 6.45. The average Bonchev–Trinajstić information content (AvgIpc) is 2.93. The van der Waals surface area contributed by atoms with Gasteiger partial charge in [0.1, 0.15) is 0 Å². The van der Waals surface area contributed by atoms with Crippen LogP contribution in [0.3, 0.4) is 0 Å². The number of benzene rings is 1. The van der Waals surface area contributed by atoms with Crippen LogP contribution in [0.2, 0.25) is 0 Å². The summed E-state index contributed by atoms with van der Waals surface area (Å²) in [4.78, 5) is 15.5. The van der Waals surface area contributed by atoms with Crippen LogP contribution in [-0.4, -0.2) is 23.9 Å². The molecule has 5 heteroatoms. The van der Waals surface area contributed by atoms with E-state index >= 15 is 0 Å². The fourth-order valence-corrected chi connectivity index (χ4v) is 2.57. The van der Waals surface area contributed by atoms with Gasteiger partial charge < -0.3 is 11.1 Å². The normalized spacial score (nSPS) is 12.3. The monoisotopic (exact) mass is 289 g/mol. The molecule has 0 spiro atoms. The fourth-order valence-electron chi connectivity index (χ4n) is 1.80. The number of nitrogens with two attached hydrogens (primary N) is 1. The number of amides is 1. The van der Waals surface area contributed by atoms with Crippen molar-refractivity contribution in [2.75, 3.05) is 18.1 Å². The molecular weight excluding hydrogens is 270 g/mol. The van der Waals surface area contributed by atoms with Crippen molar-refractivity contribution in [1.82, 2.24) is 4.90 Å². The Morgan fingerprint density at radius 3 is 2.65 bits per heavy atom. The van der Waals surface area contributed by atoms with Gasteiger partial charge in [-0.3, -0.25) is 9.69 Å². The molecule has 4 nitrogen and oxygen atoms in total. The topological polar surface area (TPSA) is 58.4 Å². The summed E-state index contributed by atoms with van der Waals surface area (Å²) in [5.41, 5.74) is 7.07. The van der Waals surface area contributed by atoms with Crippen LogP contribution in [0.25, 0.3) is 0 Å². The van der Waals surface area contributed by atoms with Gasteiger partial charge in [-0.2, -0.15) is 0 Å². The van der Waals surface area contributed by atoms with E-state index in [1.807, 2.05) is 30.3 Å². The zero-order valence-electron chi connectivity index (χ0n) is 11.7. The van der Waals surface area contributed by atoms with Crippen molar-refractivity contribution in [2.24, 2.45) is 0 Å². The van der Waals surface area contributed by atoms with Crippen molar-refractivity contribution < 1.29 is 4.79 Å². The average molecular weight is 289 g/mol. The van der Waals surface area contributed by atoms with Gasteiger partial charge in [-0.05, 0) is 49.7 Å². The second kappa shape index (κ2) is 6.54. The fraction of sp³-hybridized carbons (Fsp3) is 0.267. The van der Waals surface area contributed by atoms with Crippen molar-refractivity contribution in [3.63, 3.8) is 0 Å². The highest BCUT2D eigenvalue weighted by atomic mass is 32.1.